The molecule has 0 saturated heterocycles. The maximum absolute atomic E-state index is 14.6. The van der Waals surface area contributed by atoms with Gasteiger partial charge in [0.15, 0.2) is 0 Å². The number of carbonyl (C=O) groups is 2. The third-order valence-electron chi connectivity index (χ3n) is 7.85. The van der Waals surface area contributed by atoms with Crippen LogP contribution in [-0.2, 0) is 17.9 Å². The summed E-state index contributed by atoms with van der Waals surface area (Å²) in [5.74, 6) is 0.137. The first kappa shape index (κ1) is 22.1. The largest absolute Gasteiger partial charge is 0.351 e. The molecule has 5 nitrogen and oxygen atoms in total. The van der Waals surface area contributed by atoms with Crippen molar-refractivity contribution in [2.24, 2.45) is 11.8 Å². The molecule has 33 heavy (non-hydrogen) atoms. The number of fused-ring (bicyclic) bond motifs is 3. The molecule has 1 aromatic carbocycles. The molecule has 4 atom stereocenters. The van der Waals surface area contributed by atoms with Gasteiger partial charge in [-0.3, -0.25) is 9.59 Å². The Labute approximate surface area is 197 Å². The standard InChI is InChI=1S/C26H30FN3O2S/c1-16-7-6-10-20(17(16)2)28-25(32)26(3)15-29-21-11-12-33-23(21)13-22(29)24(31)30(26)14-18-8-4-5-9-19(18)27/h4-5,8-9,11-13,16-17,20H,6-7,10,14-15H2,1-3H3,(H,28,32)/t16-,17+,20+,26+/m1/s1. The first-order valence-corrected chi connectivity index (χ1v) is 12.6. The minimum absolute atomic E-state index is 0.0465. The van der Waals surface area contributed by atoms with Crippen LogP contribution in [-0.4, -0.2) is 32.9 Å². The third kappa shape index (κ3) is 3.66. The first-order chi connectivity index (χ1) is 15.8. The summed E-state index contributed by atoms with van der Waals surface area (Å²) in [6.45, 7) is 6.63. The third-order valence-corrected chi connectivity index (χ3v) is 8.70. The molecular weight excluding hydrogens is 437 g/mol. The molecule has 5 rings (SSSR count). The molecule has 2 aliphatic rings. The molecule has 7 heteroatoms. The molecule has 1 N–H and O–H groups in total. The second-order valence-electron chi connectivity index (χ2n) is 9.89. The van der Waals surface area contributed by atoms with E-state index in [-0.39, 0.29) is 30.2 Å². The Morgan fingerprint density at radius 2 is 2.03 bits per heavy atom. The van der Waals surface area contributed by atoms with Crippen LogP contribution >= 0.6 is 11.3 Å². The van der Waals surface area contributed by atoms with Crippen LogP contribution in [0.25, 0.3) is 10.2 Å². The zero-order valence-corrected chi connectivity index (χ0v) is 20.1. The van der Waals surface area contributed by atoms with Gasteiger partial charge in [-0.2, -0.15) is 0 Å². The Balaban J connectivity index is 1.54. The van der Waals surface area contributed by atoms with Crippen LogP contribution in [0.4, 0.5) is 4.39 Å². The molecule has 0 unspecified atom stereocenters. The van der Waals surface area contributed by atoms with Crippen molar-refractivity contribution in [1.29, 1.82) is 0 Å². The van der Waals surface area contributed by atoms with Crippen LogP contribution in [0, 0.1) is 17.7 Å². The quantitative estimate of drug-likeness (QED) is 0.574. The number of nitrogens with zero attached hydrogens (tertiary/aromatic N) is 2. The molecule has 2 aromatic heterocycles. The number of carbonyl (C=O) groups excluding carboxylic acids is 2. The zero-order chi connectivity index (χ0) is 23.3. The summed E-state index contributed by atoms with van der Waals surface area (Å²) in [6, 6.07) is 10.4. The Bertz CT molecular complexity index is 1220. The molecule has 1 fully saturated rings. The SMILES string of the molecule is C[C@H]1[C@H](C)CCC[C@@H]1NC(=O)[C@]1(C)Cn2c(cc3sccc32)C(=O)N1Cc1ccccc1F. The normalized spacial score (nSPS) is 27.6. The van der Waals surface area contributed by atoms with Gasteiger partial charge in [0.25, 0.3) is 5.91 Å². The molecule has 1 saturated carbocycles. The van der Waals surface area contributed by atoms with Crippen molar-refractivity contribution in [2.45, 2.75) is 64.7 Å². The molecule has 3 aromatic rings. The van der Waals surface area contributed by atoms with Crippen LogP contribution in [0.5, 0.6) is 0 Å². The van der Waals surface area contributed by atoms with E-state index < -0.39 is 5.54 Å². The van der Waals surface area contributed by atoms with Crippen molar-refractivity contribution >= 4 is 33.4 Å². The van der Waals surface area contributed by atoms with Gasteiger partial charge in [0.2, 0.25) is 5.91 Å². The lowest BCUT2D eigenvalue weighted by Gasteiger charge is -2.45. The molecule has 0 radical (unpaired) electrons. The summed E-state index contributed by atoms with van der Waals surface area (Å²) in [5.41, 5.74) is 0.790. The maximum Gasteiger partial charge on any atom is 0.271 e. The topological polar surface area (TPSA) is 54.3 Å². The van der Waals surface area contributed by atoms with Gasteiger partial charge in [0.05, 0.1) is 23.3 Å². The van der Waals surface area contributed by atoms with Gasteiger partial charge >= 0.3 is 0 Å². The highest BCUT2D eigenvalue weighted by Gasteiger charge is 2.48. The second kappa shape index (κ2) is 8.28. The molecule has 1 aliphatic heterocycles. The van der Waals surface area contributed by atoms with E-state index >= 15 is 0 Å². The number of benzene rings is 1. The van der Waals surface area contributed by atoms with Crippen LogP contribution in [0.15, 0.2) is 41.8 Å². The fourth-order valence-electron chi connectivity index (χ4n) is 5.43. The van der Waals surface area contributed by atoms with E-state index in [4.69, 9.17) is 0 Å². The molecular formula is C26H30FN3O2S. The number of aromatic nitrogens is 1. The van der Waals surface area contributed by atoms with Crippen LogP contribution in [0.3, 0.4) is 0 Å². The highest BCUT2D eigenvalue weighted by atomic mass is 32.1. The predicted molar refractivity (Wildman–Crippen MR) is 129 cm³/mol. The Kier molecular flexibility index (Phi) is 5.55. The summed E-state index contributed by atoms with van der Waals surface area (Å²) in [4.78, 5) is 29.2. The Morgan fingerprint density at radius 1 is 1.24 bits per heavy atom. The molecule has 3 heterocycles. The van der Waals surface area contributed by atoms with Gasteiger partial charge < -0.3 is 14.8 Å². The first-order valence-electron chi connectivity index (χ1n) is 11.7. The fraction of sp³-hybridized carbons (Fsp3) is 0.462. The zero-order valence-electron chi connectivity index (χ0n) is 19.3. The Hall–Kier alpha value is -2.67. The lowest BCUT2D eigenvalue weighted by atomic mass is 9.77. The predicted octanol–water partition coefficient (Wildman–Crippen LogP) is 5.20. The summed E-state index contributed by atoms with van der Waals surface area (Å²) < 4.78 is 17.5. The van der Waals surface area contributed by atoms with E-state index in [1.165, 1.54) is 12.5 Å². The van der Waals surface area contributed by atoms with Gasteiger partial charge in [0.1, 0.15) is 17.1 Å². The fourth-order valence-corrected chi connectivity index (χ4v) is 6.25. The summed E-state index contributed by atoms with van der Waals surface area (Å²) >= 11 is 1.58. The van der Waals surface area contributed by atoms with Crippen LogP contribution in [0.2, 0.25) is 0 Å². The molecule has 2 amide bonds. The van der Waals surface area contributed by atoms with Gasteiger partial charge in [-0.25, -0.2) is 4.39 Å². The van der Waals surface area contributed by atoms with Crippen molar-refractivity contribution < 1.29 is 14.0 Å². The highest BCUT2D eigenvalue weighted by Crippen LogP contribution is 2.36. The van der Waals surface area contributed by atoms with Gasteiger partial charge in [-0.15, -0.1) is 11.3 Å². The second-order valence-corrected chi connectivity index (χ2v) is 10.8. The van der Waals surface area contributed by atoms with Crippen molar-refractivity contribution in [3.63, 3.8) is 0 Å². The van der Waals surface area contributed by atoms with E-state index in [0.717, 1.165) is 23.1 Å². The van der Waals surface area contributed by atoms with Gasteiger partial charge in [-0.1, -0.05) is 44.9 Å². The van der Waals surface area contributed by atoms with Crippen molar-refractivity contribution in [3.8, 4) is 0 Å². The van der Waals surface area contributed by atoms with E-state index in [1.807, 2.05) is 29.0 Å². The van der Waals surface area contributed by atoms with Crippen LogP contribution < -0.4 is 5.32 Å². The van der Waals surface area contributed by atoms with E-state index in [2.05, 4.69) is 19.2 Å². The minimum atomic E-state index is -1.14. The number of rotatable bonds is 4. The molecule has 1 aliphatic carbocycles. The summed E-state index contributed by atoms with van der Waals surface area (Å²) in [5, 5.41) is 5.28. The average molecular weight is 468 g/mol. The van der Waals surface area contributed by atoms with Crippen LogP contribution in [0.1, 0.15) is 56.1 Å². The lowest BCUT2D eigenvalue weighted by molar-refractivity contribution is -0.134. The highest BCUT2D eigenvalue weighted by molar-refractivity contribution is 7.17. The maximum atomic E-state index is 14.6. The smallest absolute Gasteiger partial charge is 0.271 e. The number of nitrogens with one attached hydrogen (secondary N) is 1. The van der Waals surface area contributed by atoms with Crippen molar-refractivity contribution in [2.75, 3.05) is 0 Å². The average Bonchev–Trinajstić information content (AvgIpc) is 3.38. The Morgan fingerprint density at radius 3 is 2.82 bits per heavy atom. The molecule has 0 bridgehead atoms. The number of hydrogen-bond acceptors (Lipinski definition) is 3. The number of hydrogen-bond donors (Lipinski definition) is 1. The van der Waals surface area contributed by atoms with Gasteiger partial charge in [-0.05, 0) is 48.8 Å². The summed E-state index contributed by atoms with van der Waals surface area (Å²) in [7, 11) is 0. The lowest BCUT2D eigenvalue weighted by Crippen LogP contribution is -2.65. The summed E-state index contributed by atoms with van der Waals surface area (Å²) in [6.07, 6.45) is 3.20. The number of halogens is 1. The number of thiophene rings is 1. The van der Waals surface area contributed by atoms with E-state index in [1.54, 1.807) is 34.4 Å². The van der Waals surface area contributed by atoms with Crippen molar-refractivity contribution in [1.82, 2.24) is 14.8 Å². The number of amides is 2. The van der Waals surface area contributed by atoms with Crippen molar-refractivity contribution in [3.05, 3.63) is 58.9 Å². The molecule has 0 spiro atoms. The van der Waals surface area contributed by atoms with E-state index in [9.17, 15) is 14.0 Å². The van der Waals surface area contributed by atoms with E-state index in [0.29, 0.717) is 29.6 Å². The minimum Gasteiger partial charge on any atom is -0.351 e. The van der Waals surface area contributed by atoms with Gasteiger partial charge in [0, 0.05) is 11.6 Å². The monoisotopic (exact) mass is 467 g/mol. The molecule has 174 valence electrons.